The highest BCUT2D eigenvalue weighted by atomic mass is 19.1. The number of carbonyl (C=O) groups is 2. The molecule has 1 aliphatic rings. The van der Waals surface area contributed by atoms with Crippen LogP contribution in [0, 0.1) is 17.6 Å². The van der Waals surface area contributed by atoms with Gasteiger partial charge in [-0.05, 0) is 24.3 Å². The van der Waals surface area contributed by atoms with E-state index in [1.54, 1.807) is 18.2 Å². The summed E-state index contributed by atoms with van der Waals surface area (Å²) in [7, 11) is 2.99. The average molecular weight is 376 g/mol. The summed E-state index contributed by atoms with van der Waals surface area (Å²) in [6.07, 6.45) is -0.0151. The third-order valence-electron chi connectivity index (χ3n) is 4.30. The number of halogens is 2. The number of benzene rings is 2. The molecular weight excluding hydrogens is 358 g/mol. The molecule has 3 rings (SSSR count). The van der Waals surface area contributed by atoms with E-state index >= 15 is 0 Å². The first-order valence-corrected chi connectivity index (χ1v) is 8.20. The maximum atomic E-state index is 13.3. The van der Waals surface area contributed by atoms with Gasteiger partial charge in [-0.1, -0.05) is 0 Å². The summed E-state index contributed by atoms with van der Waals surface area (Å²) in [4.78, 5) is 26.3. The third kappa shape index (κ3) is 3.99. The molecular formula is C19H18F2N2O4. The standard InChI is InChI=1S/C19H18F2N2O4/c1-26-15-3-4-16(17(9-15)27-2)23-10-11(5-18(23)24)19(25)22-14-7-12(20)6-13(21)8-14/h3-4,6-9,11H,5,10H2,1-2H3,(H,22,25)/t11-/m0/s1. The van der Waals surface area contributed by atoms with Crippen molar-refractivity contribution >= 4 is 23.2 Å². The topological polar surface area (TPSA) is 67.9 Å². The lowest BCUT2D eigenvalue weighted by molar-refractivity contribution is -0.122. The highest BCUT2D eigenvalue weighted by molar-refractivity contribution is 6.04. The number of nitrogens with zero attached hydrogens (tertiary/aromatic N) is 1. The lowest BCUT2D eigenvalue weighted by Crippen LogP contribution is -2.28. The summed E-state index contributed by atoms with van der Waals surface area (Å²) >= 11 is 0. The van der Waals surface area contributed by atoms with Gasteiger partial charge >= 0.3 is 0 Å². The first-order valence-electron chi connectivity index (χ1n) is 8.20. The SMILES string of the molecule is COc1ccc(N2C[C@@H](C(=O)Nc3cc(F)cc(F)c3)CC2=O)c(OC)c1. The Morgan fingerprint density at radius 3 is 2.44 bits per heavy atom. The zero-order valence-electron chi connectivity index (χ0n) is 14.8. The molecule has 1 N–H and O–H groups in total. The summed E-state index contributed by atoms with van der Waals surface area (Å²) < 4.78 is 37.0. The van der Waals surface area contributed by atoms with Crippen LogP contribution in [0.5, 0.6) is 11.5 Å². The summed E-state index contributed by atoms with van der Waals surface area (Å²) in [5, 5.41) is 2.46. The van der Waals surface area contributed by atoms with Crippen LogP contribution in [-0.2, 0) is 9.59 Å². The van der Waals surface area contributed by atoms with Crippen molar-refractivity contribution in [1.29, 1.82) is 0 Å². The molecule has 0 spiro atoms. The van der Waals surface area contributed by atoms with E-state index in [2.05, 4.69) is 5.32 Å². The van der Waals surface area contributed by atoms with Crippen LogP contribution in [0.25, 0.3) is 0 Å². The molecule has 1 saturated heterocycles. The van der Waals surface area contributed by atoms with Gasteiger partial charge in [0, 0.05) is 30.8 Å². The number of carbonyl (C=O) groups excluding carboxylic acids is 2. The Balaban J connectivity index is 1.76. The van der Waals surface area contributed by atoms with Crippen molar-refractivity contribution in [3.8, 4) is 11.5 Å². The van der Waals surface area contributed by atoms with Crippen molar-refractivity contribution in [2.75, 3.05) is 31.0 Å². The predicted octanol–water partition coefficient (Wildman–Crippen LogP) is 2.97. The van der Waals surface area contributed by atoms with Gasteiger partial charge in [0.15, 0.2) is 0 Å². The molecule has 0 aromatic heterocycles. The first-order chi connectivity index (χ1) is 12.9. The highest BCUT2D eigenvalue weighted by Gasteiger charge is 2.36. The number of rotatable bonds is 5. The Kier molecular flexibility index (Phi) is 5.25. The molecule has 1 heterocycles. The molecule has 0 saturated carbocycles. The van der Waals surface area contributed by atoms with Crippen molar-refractivity contribution in [2.24, 2.45) is 5.92 Å². The molecule has 0 aliphatic carbocycles. The molecule has 2 aromatic rings. The zero-order valence-corrected chi connectivity index (χ0v) is 14.8. The van der Waals surface area contributed by atoms with E-state index in [4.69, 9.17) is 9.47 Å². The van der Waals surface area contributed by atoms with E-state index < -0.39 is 23.5 Å². The van der Waals surface area contributed by atoms with Crippen LogP contribution in [0.15, 0.2) is 36.4 Å². The van der Waals surface area contributed by atoms with Crippen LogP contribution < -0.4 is 19.7 Å². The Bertz CT molecular complexity index is 868. The van der Waals surface area contributed by atoms with Gasteiger partial charge < -0.3 is 19.7 Å². The Morgan fingerprint density at radius 2 is 1.81 bits per heavy atom. The normalized spacial score (nSPS) is 16.4. The lowest BCUT2D eigenvalue weighted by atomic mass is 10.1. The molecule has 2 aromatic carbocycles. The monoisotopic (exact) mass is 376 g/mol. The number of hydrogen-bond donors (Lipinski definition) is 1. The van der Waals surface area contributed by atoms with Crippen LogP contribution in [0.2, 0.25) is 0 Å². The van der Waals surface area contributed by atoms with Gasteiger partial charge in [0.1, 0.15) is 23.1 Å². The fourth-order valence-electron chi connectivity index (χ4n) is 2.99. The van der Waals surface area contributed by atoms with Crippen molar-refractivity contribution in [1.82, 2.24) is 0 Å². The Hall–Kier alpha value is -3.16. The largest absolute Gasteiger partial charge is 0.497 e. The van der Waals surface area contributed by atoms with Crippen molar-refractivity contribution in [3.05, 3.63) is 48.0 Å². The van der Waals surface area contributed by atoms with Crippen LogP contribution in [0.4, 0.5) is 20.2 Å². The molecule has 0 bridgehead atoms. The Morgan fingerprint density at radius 1 is 1.11 bits per heavy atom. The maximum absolute atomic E-state index is 13.3. The number of nitrogens with one attached hydrogen (secondary N) is 1. The van der Waals surface area contributed by atoms with E-state index in [1.807, 2.05) is 0 Å². The second kappa shape index (κ2) is 7.61. The van der Waals surface area contributed by atoms with Crippen molar-refractivity contribution in [2.45, 2.75) is 6.42 Å². The fraction of sp³-hybridized carbons (Fsp3) is 0.263. The van der Waals surface area contributed by atoms with E-state index in [-0.39, 0.29) is 24.6 Å². The van der Waals surface area contributed by atoms with Crippen LogP contribution in [-0.4, -0.2) is 32.6 Å². The molecule has 8 heteroatoms. The summed E-state index contributed by atoms with van der Waals surface area (Å²) in [6.45, 7) is 0.130. The summed E-state index contributed by atoms with van der Waals surface area (Å²) in [6, 6.07) is 7.76. The quantitative estimate of drug-likeness (QED) is 0.871. The van der Waals surface area contributed by atoms with Gasteiger partial charge in [-0.2, -0.15) is 0 Å². The number of amides is 2. The third-order valence-corrected chi connectivity index (χ3v) is 4.30. The van der Waals surface area contributed by atoms with Crippen molar-refractivity contribution in [3.63, 3.8) is 0 Å². The number of hydrogen-bond acceptors (Lipinski definition) is 4. The van der Waals surface area contributed by atoms with Crippen molar-refractivity contribution < 1.29 is 27.8 Å². The van der Waals surface area contributed by atoms with E-state index in [1.165, 1.54) is 19.1 Å². The van der Waals surface area contributed by atoms with Crippen LogP contribution in [0.1, 0.15) is 6.42 Å². The number of anilines is 2. The van der Waals surface area contributed by atoms with E-state index in [9.17, 15) is 18.4 Å². The van der Waals surface area contributed by atoms with E-state index in [0.29, 0.717) is 23.3 Å². The minimum absolute atomic E-state index is 0.00503. The number of ether oxygens (including phenoxy) is 2. The van der Waals surface area contributed by atoms with Crippen LogP contribution >= 0.6 is 0 Å². The van der Waals surface area contributed by atoms with Gasteiger partial charge in [0.25, 0.3) is 0 Å². The molecule has 1 fully saturated rings. The van der Waals surface area contributed by atoms with E-state index in [0.717, 1.165) is 12.1 Å². The second-order valence-electron chi connectivity index (χ2n) is 6.09. The van der Waals surface area contributed by atoms with Gasteiger partial charge in [-0.3, -0.25) is 9.59 Å². The highest BCUT2D eigenvalue weighted by Crippen LogP contribution is 2.36. The molecule has 27 heavy (non-hydrogen) atoms. The van der Waals surface area contributed by atoms with Gasteiger partial charge in [-0.15, -0.1) is 0 Å². The summed E-state index contributed by atoms with van der Waals surface area (Å²) in [5.74, 6) is -1.96. The second-order valence-corrected chi connectivity index (χ2v) is 6.09. The molecule has 1 atom stereocenters. The minimum Gasteiger partial charge on any atom is -0.497 e. The molecule has 1 aliphatic heterocycles. The first kappa shape index (κ1) is 18.6. The minimum atomic E-state index is -0.794. The average Bonchev–Trinajstić information content (AvgIpc) is 3.02. The fourth-order valence-corrected chi connectivity index (χ4v) is 2.99. The van der Waals surface area contributed by atoms with Crippen LogP contribution in [0.3, 0.4) is 0 Å². The molecule has 0 unspecified atom stereocenters. The van der Waals surface area contributed by atoms with Gasteiger partial charge in [-0.25, -0.2) is 8.78 Å². The smallest absolute Gasteiger partial charge is 0.229 e. The predicted molar refractivity (Wildman–Crippen MR) is 95.0 cm³/mol. The maximum Gasteiger partial charge on any atom is 0.229 e. The zero-order chi connectivity index (χ0) is 19.6. The molecule has 2 amide bonds. The lowest BCUT2D eigenvalue weighted by Gasteiger charge is -2.20. The molecule has 142 valence electrons. The number of methoxy groups -OCH3 is 2. The van der Waals surface area contributed by atoms with Gasteiger partial charge in [0.2, 0.25) is 11.8 Å². The molecule has 6 nitrogen and oxygen atoms in total. The molecule has 0 radical (unpaired) electrons. The summed E-state index contributed by atoms with van der Waals surface area (Å²) in [5.41, 5.74) is 0.529. The Labute approximate surface area is 154 Å². The van der Waals surface area contributed by atoms with Gasteiger partial charge in [0.05, 0.1) is 25.8 Å².